The van der Waals surface area contributed by atoms with Crippen molar-refractivity contribution in [2.75, 3.05) is 13.1 Å². The van der Waals surface area contributed by atoms with Gasteiger partial charge in [0.2, 0.25) is 0 Å². The van der Waals surface area contributed by atoms with Gasteiger partial charge < -0.3 is 15.3 Å². The van der Waals surface area contributed by atoms with E-state index in [0.717, 1.165) is 11.1 Å². The molecule has 0 unspecified atom stereocenters. The van der Waals surface area contributed by atoms with Crippen molar-refractivity contribution in [1.82, 2.24) is 4.90 Å². The average Bonchev–Trinajstić information content (AvgIpc) is 2.56. The fourth-order valence-corrected chi connectivity index (χ4v) is 3.30. The molecule has 0 amide bonds. The van der Waals surface area contributed by atoms with Gasteiger partial charge in [-0.3, -0.25) is 4.90 Å². The first-order chi connectivity index (χ1) is 11.0. The number of hydrogen-bond acceptors (Lipinski definition) is 4. The summed E-state index contributed by atoms with van der Waals surface area (Å²) in [5.41, 5.74) is 0.326. The van der Waals surface area contributed by atoms with Crippen LogP contribution >= 0.6 is 11.6 Å². The quantitative estimate of drug-likeness (QED) is 0.807. The number of nitrogens with zero attached hydrogens (tertiary/aromatic N) is 1. The third-order valence-electron chi connectivity index (χ3n) is 4.52. The van der Waals surface area contributed by atoms with Gasteiger partial charge in [-0.15, -0.1) is 0 Å². The normalized spacial score (nSPS) is 25.4. The molecule has 1 fully saturated rings. The molecule has 0 radical (unpaired) electrons. The third-order valence-corrected chi connectivity index (χ3v) is 4.95. The molecule has 0 aliphatic carbocycles. The molecule has 0 saturated carbocycles. The number of aromatic hydroxyl groups is 1. The summed E-state index contributed by atoms with van der Waals surface area (Å²) in [6.07, 6.45) is -0.441. The predicted molar refractivity (Wildman–Crippen MR) is 89.4 cm³/mol. The van der Waals surface area contributed by atoms with Crippen LogP contribution < -0.4 is 0 Å². The predicted octanol–water partition coefficient (Wildman–Crippen LogP) is 2.50. The average molecular weight is 334 g/mol. The lowest BCUT2D eigenvalue weighted by Crippen LogP contribution is -2.53. The first-order valence-electron chi connectivity index (χ1n) is 7.65. The number of phenols is 1. The standard InChI is InChI=1S/C18H20ClNO3/c19-17-13(5-4-8-15(17)21)11-20-10-9-18(23,16(22)12-20)14-6-2-1-3-7-14/h1-8,16,21-23H,9-12H2/t16-,18-/m0/s1. The second-order valence-corrected chi connectivity index (χ2v) is 6.42. The molecule has 0 bridgehead atoms. The van der Waals surface area contributed by atoms with Crippen molar-refractivity contribution in [3.05, 3.63) is 64.7 Å². The number of benzene rings is 2. The van der Waals surface area contributed by atoms with E-state index in [4.69, 9.17) is 11.6 Å². The van der Waals surface area contributed by atoms with Gasteiger partial charge in [0.25, 0.3) is 0 Å². The van der Waals surface area contributed by atoms with E-state index >= 15 is 0 Å². The van der Waals surface area contributed by atoms with Crippen LogP contribution in [0.5, 0.6) is 5.75 Å². The second kappa shape index (κ2) is 6.49. The molecule has 122 valence electrons. The Balaban J connectivity index is 1.73. The summed E-state index contributed by atoms with van der Waals surface area (Å²) in [4.78, 5) is 2.03. The van der Waals surface area contributed by atoms with Crippen molar-refractivity contribution in [3.8, 4) is 5.75 Å². The van der Waals surface area contributed by atoms with Crippen LogP contribution in [-0.4, -0.2) is 39.4 Å². The maximum absolute atomic E-state index is 10.9. The minimum Gasteiger partial charge on any atom is -0.506 e. The van der Waals surface area contributed by atoms with E-state index in [1.54, 1.807) is 12.1 Å². The van der Waals surface area contributed by atoms with Gasteiger partial charge in [-0.1, -0.05) is 54.1 Å². The van der Waals surface area contributed by atoms with E-state index < -0.39 is 11.7 Å². The largest absolute Gasteiger partial charge is 0.506 e. The zero-order valence-electron chi connectivity index (χ0n) is 12.7. The Morgan fingerprint density at radius 2 is 1.87 bits per heavy atom. The molecule has 4 nitrogen and oxygen atoms in total. The van der Waals surface area contributed by atoms with E-state index in [1.807, 2.05) is 41.3 Å². The Morgan fingerprint density at radius 1 is 1.13 bits per heavy atom. The van der Waals surface area contributed by atoms with Crippen molar-refractivity contribution in [3.63, 3.8) is 0 Å². The summed E-state index contributed by atoms with van der Waals surface area (Å²) in [6, 6.07) is 14.4. The number of aliphatic hydroxyl groups is 2. The topological polar surface area (TPSA) is 63.9 Å². The molecule has 23 heavy (non-hydrogen) atoms. The lowest BCUT2D eigenvalue weighted by atomic mass is 9.82. The minimum absolute atomic E-state index is 0.0579. The number of aliphatic hydroxyl groups excluding tert-OH is 1. The monoisotopic (exact) mass is 333 g/mol. The molecule has 2 aromatic rings. The van der Waals surface area contributed by atoms with Crippen LogP contribution in [0.2, 0.25) is 5.02 Å². The molecule has 1 aliphatic rings. The third kappa shape index (κ3) is 3.21. The maximum Gasteiger partial charge on any atom is 0.134 e. The summed E-state index contributed by atoms with van der Waals surface area (Å²) >= 11 is 6.11. The summed E-state index contributed by atoms with van der Waals surface area (Å²) in [6.45, 7) is 1.50. The van der Waals surface area contributed by atoms with E-state index in [1.165, 1.54) is 0 Å². The molecule has 3 rings (SSSR count). The molecule has 0 spiro atoms. The van der Waals surface area contributed by atoms with E-state index in [-0.39, 0.29) is 5.75 Å². The number of phenolic OH excluding ortho intramolecular Hbond substituents is 1. The van der Waals surface area contributed by atoms with Crippen molar-refractivity contribution in [1.29, 1.82) is 0 Å². The second-order valence-electron chi connectivity index (χ2n) is 6.04. The molecular formula is C18H20ClNO3. The highest BCUT2D eigenvalue weighted by Gasteiger charge is 2.41. The lowest BCUT2D eigenvalue weighted by Gasteiger charge is -2.42. The number of hydrogen-bond donors (Lipinski definition) is 3. The van der Waals surface area contributed by atoms with Crippen LogP contribution in [-0.2, 0) is 12.1 Å². The van der Waals surface area contributed by atoms with Gasteiger partial charge in [0.15, 0.2) is 0 Å². The highest BCUT2D eigenvalue weighted by molar-refractivity contribution is 6.32. The summed E-state index contributed by atoms with van der Waals surface area (Å²) in [7, 11) is 0. The molecule has 5 heteroatoms. The first kappa shape index (κ1) is 16.3. The van der Waals surface area contributed by atoms with Crippen LogP contribution in [0.25, 0.3) is 0 Å². The Kier molecular flexibility index (Phi) is 4.60. The van der Waals surface area contributed by atoms with Crippen LogP contribution in [0.1, 0.15) is 17.5 Å². The molecule has 1 saturated heterocycles. The molecule has 2 atom stereocenters. The van der Waals surface area contributed by atoms with Crippen molar-refractivity contribution >= 4 is 11.6 Å². The number of β-amino-alcohol motifs (C(OH)–C–C–N with tert-alkyl or cyclic N) is 1. The highest BCUT2D eigenvalue weighted by Crippen LogP contribution is 2.34. The van der Waals surface area contributed by atoms with Crippen molar-refractivity contribution in [2.24, 2.45) is 0 Å². The van der Waals surface area contributed by atoms with Gasteiger partial charge >= 0.3 is 0 Å². The molecule has 0 aromatic heterocycles. The Bertz CT molecular complexity index is 679. The van der Waals surface area contributed by atoms with Gasteiger partial charge in [-0.25, -0.2) is 0 Å². The minimum atomic E-state index is -1.22. The van der Waals surface area contributed by atoms with Crippen LogP contribution in [0.15, 0.2) is 48.5 Å². The van der Waals surface area contributed by atoms with Gasteiger partial charge in [0, 0.05) is 19.6 Å². The zero-order valence-corrected chi connectivity index (χ0v) is 13.4. The summed E-state index contributed by atoms with van der Waals surface area (Å²) in [5.74, 6) is 0.0579. The first-order valence-corrected chi connectivity index (χ1v) is 8.03. The Morgan fingerprint density at radius 3 is 2.57 bits per heavy atom. The van der Waals surface area contributed by atoms with E-state index in [9.17, 15) is 15.3 Å². The zero-order chi connectivity index (χ0) is 16.4. The summed E-state index contributed by atoms with van der Waals surface area (Å²) in [5, 5.41) is 31.3. The van der Waals surface area contributed by atoms with Gasteiger partial charge in [-0.2, -0.15) is 0 Å². The number of likely N-dealkylation sites (tertiary alicyclic amines) is 1. The Hall–Kier alpha value is -1.59. The van der Waals surface area contributed by atoms with Crippen molar-refractivity contribution in [2.45, 2.75) is 24.7 Å². The van der Waals surface area contributed by atoms with Crippen LogP contribution in [0.4, 0.5) is 0 Å². The number of piperidine rings is 1. The lowest BCUT2D eigenvalue weighted by molar-refractivity contribution is -0.126. The highest BCUT2D eigenvalue weighted by atomic mass is 35.5. The molecule has 1 aliphatic heterocycles. The van der Waals surface area contributed by atoms with Gasteiger partial charge in [0.05, 0.1) is 11.1 Å². The number of halogens is 1. The summed E-state index contributed by atoms with van der Waals surface area (Å²) < 4.78 is 0. The van der Waals surface area contributed by atoms with Gasteiger partial charge in [0.1, 0.15) is 11.4 Å². The molecule has 1 heterocycles. The smallest absolute Gasteiger partial charge is 0.134 e. The molecule has 2 aromatic carbocycles. The maximum atomic E-state index is 10.9. The SMILES string of the molecule is Oc1cccc(CN2CC[C@](O)(c3ccccc3)[C@@H](O)C2)c1Cl. The molecule has 3 N–H and O–H groups in total. The van der Waals surface area contributed by atoms with E-state index in [0.29, 0.717) is 31.1 Å². The van der Waals surface area contributed by atoms with E-state index in [2.05, 4.69) is 0 Å². The van der Waals surface area contributed by atoms with Crippen molar-refractivity contribution < 1.29 is 15.3 Å². The number of rotatable bonds is 3. The Labute approximate surface area is 140 Å². The van der Waals surface area contributed by atoms with Crippen LogP contribution in [0, 0.1) is 0 Å². The van der Waals surface area contributed by atoms with Gasteiger partial charge in [-0.05, 0) is 23.6 Å². The molecular weight excluding hydrogens is 314 g/mol. The fraction of sp³-hybridized carbons (Fsp3) is 0.333. The van der Waals surface area contributed by atoms with Crippen LogP contribution in [0.3, 0.4) is 0 Å². The fourth-order valence-electron chi connectivity index (χ4n) is 3.12.